The van der Waals surface area contributed by atoms with Gasteiger partial charge >= 0.3 is 0 Å². The molecule has 2 fully saturated rings. The van der Waals surface area contributed by atoms with Crippen molar-refractivity contribution in [2.45, 2.75) is 50.3 Å². The van der Waals surface area contributed by atoms with Gasteiger partial charge in [-0.05, 0) is 62.1 Å². The second kappa shape index (κ2) is 9.33. The zero-order valence-electron chi connectivity index (χ0n) is 18.5. The molecule has 0 aliphatic carbocycles. The highest BCUT2D eigenvalue weighted by Crippen LogP contribution is 2.29. The highest BCUT2D eigenvalue weighted by atomic mass is 32.2. The largest absolute Gasteiger partial charge is 0.351 e. The molecule has 2 aliphatic heterocycles. The van der Waals surface area contributed by atoms with Crippen molar-refractivity contribution >= 4 is 38.9 Å². The first-order valence-corrected chi connectivity index (χ1v) is 13.3. The molecule has 0 unspecified atom stereocenters. The van der Waals surface area contributed by atoms with E-state index in [2.05, 4.69) is 5.32 Å². The maximum Gasteiger partial charge on any atom is 0.252 e. The first-order chi connectivity index (χ1) is 15.3. The maximum atomic E-state index is 12.8. The van der Waals surface area contributed by atoms with Crippen molar-refractivity contribution in [1.29, 1.82) is 0 Å². The van der Waals surface area contributed by atoms with Crippen molar-refractivity contribution in [2.24, 2.45) is 5.92 Å². The van der Waals surface area contributed by atoms with Gasteiger partial charge in [0.05, 0.1) is 12.5 Å². The molecule has 0 saturated carbocycles. The summed E-state index contributed by atoms with van der Waals surface area (Å²) in [6.07, 6.45) is 3.04. The van der Waals surface area contributed by atoms with Crippen LogP contribution in [0.2, 0.25) is 0 Å². The fourth-order valence-corrected chi connectivity index (χ4v) is 7.14. The molecule has 0 radical (unpaired) electrons. The summed E-state index contributed by atoms with van der Waals surface area (Å²) < 4.78 is 27.5. The molecule has 2 amide bonds. The summed E-state index contributed by atoms with van der Waals surface area (Å²) in [5.74, 6) is -0.654. The molecule has 172 valence electrons. The maximum absolute atomic E-state index is 12.8. The molecular formula is C23H29N3O4S2. The van der Waals surface area contributed by atoms with Gasteiger partial charge in [0.1, 0.15) is 4.21 Å². The first kappa shape index (κ1) is 22.9. The Labute approximate surface area is 193 Å². The van der Waals surface area contributed by atoms with Crippen LogP contribution in [0.3, 0.4) is 0 Å². The van der Waals surface area contributed by atoms with Crippen LogP contribution in [0.4, 0.5) is 5.69 Å². The van der Waals surface area contributed by atoms with Crippen LogP contribution in [-0.2, 0) is 26.2 Å². The average molecular weight is 476 g/mol. The van der Waals surface area contributed by atoms with Gasteiger partial charge in [0.25, 0.3) is 10.0 Å². The molecule has 2 aromatic rings. The van der Waals surface area contributed by atoms with E-state index in [0.29, 0.717) is 23.8 Å². The number of carbonyl (C=O) groups is 2. The molecule has 3 heterocycles. The van der Waals surface area contributed by atoms with Gasteiger partial charge in [-0.2, -0.15) is 4.31 Å². The third-order valence-electron chi connectivity index (χ3n) is 6.28. The Hall–Kier alpha value is -2.23. The van der Waals surface area contributed by atoms with Crippen LogP contribution in [-0.4, -0.2) is 44.2 Å². The van der Waals surface area contributed by atoms with Gasteiger partial charge in [-0.25, -0.2) is 8.42 Å². The van der Waals surface area contributed by atoms with E-state index < -0.39 is 15.9 Å². The van der Waals surface area contributed by atoms with Crippen molar-refractivity contribution in [3.05, 3.63) is 46.3 Å². The van der Waals surface area contributed by atoms with Crippen molar-refractivity contribution in [2.75, 3.05) is 24.5 Å². The SMILES string of the molecule is Cc1ccc(N2C[C@H](C(=O)NCc3ccc(S(=O)(=O)N4CCCCC4)s3)CC2=O)cc1C. The molecular weight excluding hydrogens is 446 g/mol. The Morgan fingerprint density at radius 3 is 2.56 bits per heavy atom. The number of rotatable bonds is 6. The van der Waals surface area contributed by atoms with Crippen LogP contribution in [0.5, 0.6) is 0 Å². The predicted molar refractivity (Wildman–Crippen MR) is 125 cm³/mol. The Morgan fingerprint density at radius 1 is 1.09 bits per heavy atom. The standard InChI is InChI=1S/C23H29N3O4S2/c1-16-6-7-19(12-17(16)2)26-15-18(13-21(26)27)23(28)24-14-20-8-9-22(31-20)32(29,30)25-10-4-3-5-11-25/h6-9,12,18H,3-5,10-11,13-15H2,1-2H3,(H,24,28)/t18-/m1/s1. The van der Waals surface area contributed by atoms with Gasteiger partial charge in [-0.15, -0.1) is 11.3 Å². The van der Waals surface area contributed by atoms with E-state index in [9.17, 15) is 18.0 Å². The number of amides is 2. The summed E-state index contributed by atoms with van der Waals surface area (Å²) in [7, 11) is -3.46. The molecule has 2 aliphatic rings. The van der Waals surface area contributed by atoms with Crippen molar-refractivity contribution in [1.82, 2.24) is 9.62 Å². The Morgan fingerprint density at radius 2 is 1.84 bits per heavy atom. The molecule has 0 spiro atoms. The summed E-state index contributed by atoms with van der Waals surface area (Å²) >= 11 is 1.20. The quantitative estimate of drug-likeness (QED) is 0.695. The lowest BCUT2D eigenvalue weighted by Crippen LogP contribution is -2.35. The van der Waals surface area contributed by atoms with Crippen LogP contribution < -0.4 is 10.2 Å². The van der Waals surface area contributed by atoms with Gasteiger partial charge in [0, 0.05) is 36.6 Å². The number of carbonyl (C=O) groups excluding carboxylic acids is 2. The molecule has 7 nitrogen and oxygen atoms in total. The fraction of sp³-hybridized carbons (Fsp3) is 0.478. The van der Waals surface area contributed by atoms with E-state index in [1.54, 1.807) is 21.3 Å². The van der Waals surface area contributed by atoms with Gasteiger partial charge in [0.2, 0.25) is 11.8 Å². The molecule has 0 bridgehead atoms. The van der Waals surface area contributed by atoms with E-state index in [1.165, 1.54) is 11.3 Å². The van der Waals surface area contributed by atoms with E-state index in [0.717, 1.165) is 41.0 Å². The molecule has 2 saturated heterocycles. The van der Waals surface area contributed by atoms with Gasteiger partial charge in [-0.3, -0.25) is 9.59 Å². The fourth-order valence-electron chi connectivity index (χ4n) is 4.17. The number of hydrogen-bond donors (Lipinski definition) is 1. The zero-order chi connectivity index (χ0) is 22.9. The summed E-state index contributed by atoms with van der Waals surface area (Å²) in [5, 5.41) is 2.88. The van der Waals surface area contributed by atoms with E-state index in [-0.39, 0.29) is 24.8 Å². The highest BCUT2D eigenvalue weighted by molar-refractivity contribution is 7.91. The number of piperidine rings is 1. The van der Waals surface area contributed by atoms with Crippen LogP contribution in [0, 0.1) is 19.8 Å². The third kappa shape index (κ3) is 4.74. The van der Waals surface area contributed by atoms with Crippen LogP contribution >= 0.6 is 11.3 Å². The minimum atomic E-state index is -3.46. The normalized spacial score (nSPS) is 20.0. The Balaban J connectivity index is 1.35. The Bertz CT molecular complexity index is 1120. The van der Waals surface area contributed by atoms with Crippen LogP contribution in [0.1, 0.15) is 41.7 Å². The number of nitrogens with zero attached hydrogens (tertiary/aromatic N) is 2. The number of anilines is 1. The number of benzene rings is 1. The van der Waals surface area contributed by atoms with Crippen molar-refractivity contribution in [3.8, 4) is 0 Å². The lowest BCUT2D eigenvalue weighted by atomic mass is 10.1. The smallest absolute Gasteiger partial charge is 0.252 e. The zero-order valence-corrected chi connectivity index (χ0v) is 20.1. The molecule has 1 atom stereocenters. The number of nitrogens with one attached hydrogen (secondary N) is 1. The van der Waals surface area contributed by atoms with E-state index >= 15 is 0 Å². The number of thiophene rings is 1. The minimum absolute atomic E-state index is 0.0561. The number of sulfonamides is 1. The van der Waals surface area contributed by atoms with E-state index in [1.807, 2.05) is 32.0 Å². The molecule has 1 aromatic carbocycles. The molecule has 9 heteroatoms. The number of aryl methyl sites for hydroxylation is 2. The van der Waals surface area contributed by atoms with Crippen LogP contribution in [0.25, 0.3) is 0 Å². The predicted octanol–water partition coefficient (Wildman–Crippen LogP) is 3.21. The monoisotopic (exact) mass is 475 g/mol. The van der Waals surface area contributed by atoms with Crippen LogP contribution in [0.15, 0.2) is 34.5 Å². The van der Waals surface area contributed by atoms with E-state index in [4.69, 9.17) is 0 Å². The summed E-state index contributed by atoms with van der Waals surface area (Å²) in [6, 6.07) is 9.25. The molecule has 32 heavy (non-hydrogen) atoms. The van der Waals surface area contributed by atoms with Crippen molar-refractivity contribution < 1.29 is 18.0 Å². The lowest BCUT2D eigenvalue weighted by Gasteiger charge is -2.25. The summed E-state index contributed by atoms with van der Waals surface area (Å²) in [4.78, 5) is 27.7. The highest BCUT2D eigenvalue weighted by Gasteiger charge is 2.35. The lowest BCUT2D eigenvalue weighted by molar-refractivity contribution is -0.126. The van der Waals surface area contributed by atoms with Gasteiger partial charge in [-0.1, -0.05) is 12.5 Å². The first-order valence-electron chi connectivity index (χ1n) is 11.0. The molecule has 1 aromatic heterocycles. The van der Waals surface area contributed by atoms with Gasteiger partial charge in [0.15, 0.2) is 0 Å². The van der Waals surface area contributed by atoms with Crippen molar-refractivity contribution in [3.63, 3.8) is 0 Å². The summed E-state index contributed by atoms with van der Waals surface area (Å²) in [6.45, 7) is 5.77. The second-order valence-corrected chi connectivity index (χ2v) is 11.9. The van der Waals surface area contributed by atoms with Gasteiger partial charge < -0.3 is 10.2 Å². The Kier molecular flexibility index (Phi) is 6.69. The summed E-state index contributed by atoms with van der Waals surface area (Å²) in [5.41, 5.74) is 3.09. The molecule has 1 N–H and O–H groups in total. The third-order valence-corrected chi connectivity index (χ3v) is 9.73. The average Bonchev–Trinajstić information content (AvgIpc) is 3.42. The minimum Gasteiger partial charge on any atom is -0.351 e. The second-order valence-electron chi connectivity index (χ2n) is 8.58. The topological polar surface area (TPSA) is 86.8 Å². The molecule has 4 rings (SSSR count). The number of hydrogen-bond acceptors (Lipinski definition) is 5.